The predicted octanol–water partition coefficient (Wildman–Crippen LogP) is 3.11. The molecule has 6 heteroatoms. The van der Waals surface area contributed by atoms with Crippen molar-refractivity contribution >= 4 is 40.0 Å². The van der Waals surface area contributed by atoms with E-state index < -0.39 is 21.5 Å². The van der Waals surface area contributed by atoms with Gasteiger partial charge in [0.1, 0.15) is 4.75 Å². The Kier molecular flexibility index (Phi) is 4.58. The molecular weight excluding hydrogens is 283 g/mol. The zero-order valence-corrected chi connectivity index (χ0v) is 11.7. The highest BCUT2D eigenvalue weighted by atomic mass is 35.5. The molecule has 1 N–H and O–H groups in total. The van der Waals surface area contributed by atoms with E-state index in [0.717, 1.165) is 0 Å². The highest BCUT2D eigenvalue weighted by Crippen LogP contribution is 2.25. The summed E-state index contributed by atoms with van der Waals surface area (Å²) in [5.74, 6) is -1.00. The van der Waals surface area contributed by atoms with Crippen molar-refractivity contribution in [2.45, 2.75) is 24.3 Å². The van der Waals surface area contributed by atoms with Crippen molar-refractivity contribution in [1.82, 2.24) is 0 Å². The van der Waals surface area contributed by atoms with Gasteiger partial charge in [-0.05, 0) is 31.5 Å². The smallest absolute Gasteiger partial charge is 0.321 e. The minimum absolute atomic E-state index is 0.0926. The molecule has 0 spiro atoms. The molecule has 3 nitrogen and oxygen atoms in total. The van der Waals surface area contributed by atoms with Crippen molar-refractivity contribution in [3.63, 3.8) is 0 Å². The van der Waals surface area contributed by atoms with Crippen molar-refractivity contribution in [1.29, 1.82) is 0 Å². The Balaban J connectivity index is 2.92. The third kappa shape index (κ3) is 3.44. The Morgan fingerprint density at radius 1 is 1.41 bits per heavy atom. The molecule has 1 unspecified atom stereocenters. The summed E-state index contributed by atoms with van der Waals surface area (Å²) in [6.07, 6.45) is 0. The third-order valence-electron chi connectivity index (χ3n) is 2.39. The lowest BCUT2D eigenvalue weighted by molar-refractivity contribution is -0.139. The fraction of sp³-hybridized carbons (Fsp3) is 0.364. The van der Waals surface area contributed by atoms with E-state index in [0.29, 0.717) is 15.6 Å². The van der Waals surface area contributed by atoms with Crippen LogP contribution in [-0.4, -0.2) is 20.0 Å². The maximum Gasteiger partial charge on any atom is 0.321 e. The maximum absolute atomic E-state index is 12.0. The van der Waals surface area contributed by atoms with Crippen molar-refractivity contribution in [3.8, 4) is 0 Å². The second-order valence-electron chi connectivity index (χ2n) is 4.04. The van der Waals surface area contributed by atoms with Crippen LogP contribution in [0.2, 0.25) is 10.0 Å². The van der Waals surface area contributed by atoms with E-state index in [9.17, 15) is 9.00 Å². The zero-order chi connectivity index (χ0) is 13.2. The quantitative estimate of drug-likeness (QED) is 0.928. The van der Waals surface area contributed by atoms with E-state index in [1.165, 1.54) is 13.8 Å². The number of hydrogen-bond donors (Lipinski definition) is 1. The molecule has 0 fully saturated rings. The second-order valence-corrected chi connectivity index (χ2v) is 6.89. The van der Waals surface area contributed by atoms with E-state index in [4.69, 9.17) is 28.3 Å². The summed E-state index contributed by atoms with van der Waals surface area (Å²) in [5.41, 5.74) is 0.628. The summed E-state index contributed by atoms with van der Waals surface area (Å²) in [6.45, 7) is 2.85. The van der Waals surface area contributed by atoms with Gasteiger partial charge < -0.3 is 5.11 Å². The molecule has 1 rings (SSSR count). The molecule has 94 valence electrons. The lowest BCUT2D eigenvalue weighted by Crippen LogP contribution is -2.37. The average molecular weight is 295 g/mol. The van der Waals surface area contributed by atoms with Crippen molar-refractivity contribution < 1.29 is 14.1 Å². The van der Waals surface area contributed by atoms with E-state index in [2.05, 4.69) is 0 Å². The molecule has 0 aliphatic carbocycles. The number of benzene rings is 1. The molecule has 0 bridgehead atoms. The first-order chi connectivity index (χ1) is 7.75. The van der Waals surface area contributed by atoms with Gasteiger partial charge in [-0.2, -0.15) is 0 Å². The van der Waals surface area contributed by atoms with E-state index in [-0.39, 0.29) is 5.75 Å². The Morgan fingerprint density at radius 3 is 2.47 bits per heavy atom. The first-order valence-electron chi connectivity index (χ1n) is 4.81. The van der Waals surface area contributed by atoms with Gasteiger partial charge in [-0.15, -0.1) is 0 Å². The SMILES string of the molecule is CC(C)(C(=O)O)S(=O)Cc1ccc(Cl)cc1Cl. The average Bonchev–Trinajstić information content (AvgIpc) is 2.21. The summed E-state index contributed by atoms with van der Waals surface area (Å²) in [7, 11) is -1.56. The number of carbonyl (C=O) groups is 1. The number of hydrogen-bond acceptors (Lipinski definition) is 2. The molecule has 0 aromatic heterocycles. The van der Waals surface area contributed by atoms with Gasteiger partial charge in [0.25, 0.3) is 0 Å². The first kappa shape index (κ1) is 14.5. The van der Waals surface area contributed by atoms with Gasteiger partial charge in [0, 0.05) is 20.8 Å². The molecule has 0 radical (unpaired) electrons. The van der Waals surface area contributed by atoms with Crippen molar-refractivity contribution in [2.24, 2.45) is 0 Å². The molecule has 1 aromatic carbocycles. The second kappa shape index (κ2) is 5.38. The lowest BCUT2D eigenvalue weighted by Gasteiger charge is -2.18. The van der Waals surface area contributed by atoms with Gasteiger partial charge >= 0.3 is 5.97 Å². The summed E-state index contributed by atoms with van der Waals surface area (Å²) in [4.78, 5) is 10.9. The van der Waals surface area contributed by atoms with Gasteiger partial charge in [0.05, 0.1) is 5.75 Å². The number of aliphatic carboxylic acids is 1. The van der Waals surface area contributed by atoms with Crippen LogP contribution < -0.4 is 0 Å². The topological polar surface area (TPSA) is 54.4 Å². The Bertz CT molecular complexity index is 472. The van der Waals surface area contributed by atoms with Crippen LogP contribution >= 0.6 is 23.2 Å². The lowest BCUT2D eigenvalue weighted by atomic mass is 10.2. The molecule has 0 aliphatic heterocycles. The van der Waals surface area contributed by atoms with E-state index in [1.54, 1.807) is 18.2 Å². The monoisotopic (exact) mass is 294 g/mol. The standard InChI is InChI=1S/C11H12Cl2O3S/c1-11(2,10(14)15)17(16)6-7-3-4-8(12)5-9(7)13/h3-5H,6H2,1-2H3,(H,14,15). The van der Waals surface area contributed by atoms with Gasteiger partial charge in [-0.3, -0.25) is 9.00 Å². The van der Waals surface area contributed by atoms with Gasteiger partial charge in [-0.25, -0.2) is 0 Å². The Labute approximate surface area is 112 Å². The molecule has 17 heavy (non-hydrogen) atoms. The first-order valence-corrected chi connectivity index (χ1v) is 6.88. The summed E-state index contributed by atoms with van der Waals surface area (Å²) < 4.78 is 10.6. The number of carboxylic acids is 1. The molecule has 0 amide bonds. The summed E-state index contributed by atoms with van der Waals surface area (Å²) >= 11 is 11.7. The molecule has 1 aromatic rings. The van der Waals surface area contributed by atoms with E-state index >= 15 is 0 Å². The van der Waals surface area contributed by atoms with Crippen LogP contribution in [0.5, 0.6) is 0 Å². The summed E-state index contributed by atoms with van der Waals surface area (Å²) in [6, 6.07) is 4.83. The number of rotatable bonds is 4. The van der Waals surface area contributed by atoms with Crippen molar-refractivity contribution in [3.05, 3.63) is 33.8 Å². The van der Waals surface area contributed by atoms with E-state index in [1.807, 2.05) is 0 Å². The summed E-state index contributed by atoms with van der Waals surface area (Å²) in [5, 5.41) is 9.84. The van der Waals surface area contributed by atoms with Crippen LogP contribution in [0, 0.1) is 0 Å². The van der Waals surface area contributed by atoms with Crippen LogP contribution in [0.1, 0.15) is 19.4 Å². The Hall–Kier alpha value is -0.580. The van der Waals surface area contributed by atoms with Crippen LogP contribution in [-0.2, 0) is 21.3 Å². The molecule has 1 atom stereocenters. The van der Waals surface area contributed by atoms with Crippen LogP contribution in [0.4, 0.5) is 0 Å². The van der Waals surface area contributed by atoms with Crippen LogP contribution in [0.15, 0.2) is 18.2 Å². The van der Waals surface area contributed by atoms with Gasteiger partial charge in [0.2, 0.25) is 0 Å². The predicted molar refractivity (Wildman–Crippen MR) is 70.0 cm³/mol. The number of carboxylic acid groups (broad SMARTS) is 1. The van der Waals surface area contributed by atoms with Crippen LogP contribution in [0.25, 0.3) is 0 Å². The van der Waals surface area contributed by atoms with Gasteiger partial charge in [-0.1, -0.05) is 29.3 Å². The fourth-order valence-electron chi connectivity index (χ4n) is 1.06. The van der Waals surface area contributed by atoms with Crippen LogP contribution in [0.3, 0.4) is 0 Å². The number of halogens is 2. The fourth-order valence-corrected chi connectivity index (χ4v) is 2.70. The minimum Gasteiger partial charge on any atom is -0.480 e. The van der Waals surface area contributed by atoms with Gasteiger partial charge in [0.15, 0.2) is 0 Å². The molecule has 0 aliphatic rings. The highest BCUT2D eigenvalue weighted by Gasteiger charge is 2.34. The largest absolute Gasteiger partial charge is 0.480 e. The minimum atomic E-state index is -1.56. The maximum atomic E-state index is 12.0. The third-order valence-corrected chi connectivity index (χ3v) is 4.86. The zero-order valence-electron chi connectivity index (χ0n) is 9.37. The Morgan fingerprint density at radius 2 is 2.00 bits per heavy atom. The highest BCUT2D eigenvalue weighted by molar-refractivity contribution is 7.86. The molecular formula is C11H12Cl2O3S. The normalized spacial score (nSPS) is 13.4. The molecule has 0 heterocycles. The molecule has 0 saturated heterocycles. The van der Waals surface area contributed by atoms with Crippen molar-refractivity contribution in [2.75, 3.05) is 0 Å². The molecule has 0 saturated carbocycles.